The van der Waals surface area contributed by atoms with Gasteiger partial charge in [-0.3, -0.25) is 4.79 Å². The zero-order valence-electron chi connectivity index (χ0n) is 7.73. The van der Waals surface area contributed by atoms with Crippen LogP contribution < -0.4 is 10.6 Å². The van der Waals surface area contributed by atoms with E-state index in [4.69, 9.17) is 0 Å². The van der Waals surface area contributed by atoms with E-state index in [-0.39, 0.29) is 5.91 Å². The fourth-order valence-electron chi connectivity index (χ4n) is 0.795. The second kappa shape index (κ2) is 8.27. The lowest BCUT2D eigenvalue weighted by Crippen LogP contribution is -2.31. The molecule has 0 saturated carbocycles. The van der Waals surface area contributed by atoms with Crippen LogP contribution in [0.25, 0.3) is 0 Å². The predicted octanol–water partition coefficient (Wildman–Crippen LogP) is 0.678. The molecule has 0 unspecified atom stereocenters. The van der Waals surface area contributed by atoms with E-state index in [2.05, 4.69) is 24.1 Å². The van der Waals surface area contributed by atoms with Gasteiger partial charge < -0.3 is 10.6 Å². The number of nitrogens with one attached hydrogen (secondary N) is 2. The molecule has 0 saturated heterocycles. The molecule has 0 radical (unpaired) electrons. The molecule has 2 N–H and O–H groups in total. The first kappa shape index (κ1) is 11.2. The van der Waals surface area contributed by atoms with Crippen LogP contribution in [-0.2, 0) is 4.79 Å². The summed E-state index contributed by atoms with van der Waals surface area (Å²) in [6.45, 7) is 8.15. The highest BCUT2D eigenvalue weighted by Crippen LogP contribution is 1.77. The number of carbonyl (C=O) groups is 1. The van der Waals surface area contributed by atoms with Gasteiger partial charge in [0, 0.05) is 19.5 Å². The second-order valence-corrected chi connectivity index (χ2v) is 2.59. The molecule has 0 aromatic rings. The Hall–Kier alpha value is -0.830. The van der Waals surface area contributed by atoms with Gasteiger partial charge in [0.25, 0.3) is 0 Å². The Balaban J connectivity index is 3.08. The molecule has 0 rings (SSSR count). The summed E-state index contributed by atoms with van der Waals surface area (Å²) in [4.78, 5) is 10.9. The Morgan fingerprint density at radius 1 is 1.42 bits per heavy atom. The van der Waals surface area contributed by atoms with E-state index in [1.807, 2.05) is 0 Å². The summed E-state index contributed by atoms with van der Waals surface area (Å²) in [7, 11) is 0. The first-order valence-electron chi connectivity index (χ1n) is 4.39. The second-order valence-electron chi connectivity index (χ2n) is 2.59. The normalized spacial score (nSPS) is 9.42. The summed E-state index contributed by atoms with van der Waals surface area (Å²) >= 11 is 0. The molecule has 0 spiro atoms. The maximum Gasteiger partial charge on any atom is 0.223 e. The van der Waals surface area contributed by atoms with E-state index < -0.39 is 0 Å². The monoisotopic (exact) mass is 170 g/mol. The summed E-state index contributed by atoms with van der Waals surface area (Å²) in [6, 6.07) is 0. The number of rotatable bonds is 7. The van der Waals surface area contributed by atoms with Gasteiger partial charge in [-0.1, -0.05) is 13.0 Å². The maximum atomic E-state index is 10.9. The van der Waals surface area contributed by atoms with Crippen molar-refractivity contribution in [2.45, 2.75) is 19.8 Å². The molecule has 0 aliphatic heterocycles. The molecule has 0 aliphatic rings. The highest BCUT2D eigenvalue weighted by molar-refractivity contribution is 5.77. The molecule has 0 fully saturated rings. The first-order valence-corrected chi connectivity index (χ1v) is 4.39. The Morgan fingerprint density at radius 2 is 2.17 bits per heavy atom. The van der Waals surface area contributed by atoms with Gasteiger partial charge in [0.2, 0.25) is 5.91 Å². The van der Waals surface area contributed by atoms with E-state index in [0.29, 0.717) is 13.0 Å². The summed E-state index contributed by atoms with van der Waals surface area (Å²) in [5, 5.41) is 5.96. The van der Waals surface area contributed by atoms with Crippen molar-refractivity contribution in [1.29, 1.82) is 0 Å². The van der Waals surface area contributed by atoms with E-state index in [0.717, 1.165) is 19.5 Å². The van der Waals surface area contributed by atoms with Crippen molar-refractivity contribution in [2.24, 2.45) is 0 Å². The largest absolute Gasteiger partial charge is 0.355 e. The van der Waals surface area contributed by atoms with Gasteiger partial charge in [0.15, 0.2) is 0 Å². The first-order chi connectivity index (χ1) is 5.81. The lowest BCUT2D eigenvalue weighted by Gasteiger charge is -2.03. The standard InChI is InChI=1S/C9H18N2O/c1-3-5-9(12)11-8-7-10-6-4-2/h3,10H,1,4-8H2,2H3,(H,11,12). The van der Waals surface area contributed by atoms with Crippen molar-refractivity contribution < 1.29 is 4.79 Å². The van der Waals surface area contributed by atoms with Crippen molar-refractivity contribution >= 4 is 5.91 Å². The predicted molar refractivity (Wildman–Crippen MR) is 51.0 cm³/mol. The SMILES string of the molecule is C=CCC(=O)NCCNCCC. The van der Waals surface area contributed by atoms with E-state index in [1.165, 1.54) is 0 Å². The molecule has 0 aromatic heterocycles. The fraction of sp³-hybridized carbons (Fsp3) is 0.667. The minimum atomic E-state index is 0.0447. The highest BCUT2D eigenvalue weighted by atomic mass is 16.1. The Morgan fingerprint density at radius 3 is 2.75 bits per heavy atom. The quantitative estimate of drug-likeness (QED) is 0.436. The third-order valence-corrected chi connectivity index (χ3v) is 1.38. The minimum Gasteiger partial charge on any atom is -0.355 e. The Bertz CT molecular complexity index is 134. The molecule has 3 nitrogen and oxygen atoms in total. The third kappa shape index (κ3) is 7.28. The summed E-state index contributed by atoms with van der Waals surface area (Å²) in [5.74, 6) is 0.0447. The average molecular weight is 170 g/mol. The highest BCUT2D eigenvalue weighted by Gasteiger charge is 1.94. The lowest BCUT2D eigenvalue weighted by molar-refractivity contribution is -0.120. The number of hydrogen-bond acceptors (Lipinski definition) is 2. The molecule has 70 valence electrons. The van der Waals surface area contributed by atoms with Crippen LogP contribution in [0.3, 0.4) is 0 Å². The molecule has 0 atom stereocenters. The summed E-state index contributed by atoms with van der Waals surface area (Å²) < 4.78 is 0. The van der Waals surface area contributed by atoms with Crippen molar-refractivity contribution in [1.82, 2.24) is 10.6 Å². The number of amides is 1. The van der Waals surface area contributed by atoms with Crippen LogP contribution in [0.1, 0.15) is 19.8 Å². The Labute approximate surface area is 74.2 Å². The fourth-order valence-corrected chi connectivity index (χ4v) is 0.795. The summed E-state index contributed by atoms with van der Waals surface area (Å²) in [6.07, 6.45) is 3.14. The van der Waals surface area contributed by atoms with Crippen molar-refractivity contribution in [2.75, 3.05) is 19.6 Å². The van der Waals surface area contributed by atoms with Crippen molar-refractivity contribution in [3.63, 3.8) is 0 Å². The molecular weight excluding hydrogens is 152 g/mol. The van der Waals surface area contributed by atoms with Gasteiger partial charge in [-0.25, -0.2) is 0 Å². The molecule has 1 amide bonds. The summed E-state index contributed by atoms with van der Waals surface area (Å²) in [5.41, 5.74) is 0. The molecule has 0 aliphatic carbocycles. The third-order valence-electron chi connectivity index (χ3n) is 1.38. The average Bonchev–Trinajstić information content (AvgIpc) is 2.05. The van der Waals surface area contributed by atoms with E-state index in [9.17, 15) is 4.79 Å². The van der Waals surface area contributed by atoms with Crippen LogP contribution in [0.15, 0.2) is 12.7 Å². The zero-order valence-corrected chi connectivity index (χ0v) is 7.73. The van der Waals surface area contributed by atoms with Crippen LogP contribution in [0.5, 0.6) is 0 Å². The zero-order chi connectivity index (χ0) is 9.23. The van der Waals surface area contributed by atoms with Gasteiger partial charge in [0.1, 0.15) is 0 Å². The molecule has 3 heteroatoms. The van der Waals surface area contributed by atoms with Gasteiger partial charge in [-0.15, -0.1) is 6.58 Å². The smallest absolute Gasteiger partial charge is 0.223 e. The van der Waals surface area contributed by atoms with Gasteiger partial charge in [-0.2, -0.15) is 0 Å². The lowest BCUT2D eigenvalue weighted by atomic mass is 10.4. The maximum absolute atomic E-state index is 10.9. The Kier molecular flexibility index (Phi) is 7.70. The van der Waals surface area contributed by atoms with Crippen molar-refractivity contribution in [3.8, 4) is 0 Å². The van der Waals surface area contributed by atoms with Crippen LogP contribution in [0.4, 0.5) is 0 Å². The molecule has 0 bridgehead atoms. The van der Waals surface area contributed by atoms with Crippen LogP contribution >= 0.6 is 0 Å². The number of hydrogen-bond donors (Lipinski definition) is 2. The minimum absolute atomic E-state index is 0.0447. The molecule has 12 heavy (non-hydrogen) atoms. The molecule has 0 heterocycles. The van der Waals surface area contributed by atoms with Gasteiger partial charge >= 0.3 is 0 Å². The topological polar surface area (TPSA) is 41.1 Å². The van der Waals surface area contributed by atoms with E-state index in [1.54, 1.807) is 6.08 Å². The van der Waals surface area contributed by atoms with Gasteiger partial charge in [0.05, 0.1) is 0 Å². The van der Waals surface area contributed by atoms with Gasteiger partial charge in [-0.05, 0) is 13.0 Å². The van der Waals surface area contributed by atoms with E-state index >= 15 is 0 Å². The molecule has 0 aromatic carbocycles. The van der Waals surface area contributed by atoms with Crippen molar-refractivity contribution in [3.05, 3.63) is 12.7 Å². The van der Waals surface area contributed by atoms with Crippen LogP contribution in [0, 0.1) is 0 Å². The van der Waals surface area contributed by atoms with Crippen LogP contribution in [-0.4, -0.2) is 25.5 Å². The number of carbonyl (C=O) groups excluding carboxylic acids is 1. The van der Waals surface area contributed by atoms with Crippen LogP contribution in [0.2, 0.25) is 0 Å². The molecular formula is C9H18N2O.